The van der Waals surface area contributed by atoms with E-state index >= 15 is 0 Å². The van der Waals surface area contributed by atoms with E-state index in [0.717, 1.165) is 12.1 Å². The predicted molar refractivity (Wildman–Crippen MR) is 102 cm³/mol. The van der Waals surface area contributed by atoms with Gasteiger partial charge in [0.25, 0.3) is 17.4 Å². The minimum absolute atomic E-state index is 0.0137. The van der Waals surface area contributed by atoms with Gasteiger partial charge in [-0.25, -0.2) is 8.78 Å². The summed E-state index contributed by atoms with van der Waals surface area (Å²) in [6.07, 6.45) is 0.899. The van der Waals surface area contributed by atoms with Crippen molar-refractivity contribution < 1.29 is 23.1 Å². The number of halogens is 2. The molecule has 1 aromatic heterocycles. The molecule has 9 heteroatoms. The van der Waals surface area contributed by atoms with Crippen LogP contribution in [0.5, 0.6) is 0 Å². The lowest BCUT2D eigenvalue weighted by Crippen LogP contribution is -2.50. The van der Waals surface area contributed by atoms with Gasteiger partial charge in [0.2, 0.25) is 5.91 Å². The second kappa shape index (κ2) is 6.87. The van der Waals surface area contributed by atoms with Crippen LogP contribution in [0.15, 0.2) is 16.9 Å². The summed E-state index contributed by atoms with van der Waals surface area (Å²) >= 11 is 0. The van der Waals surface area contributed by atoms with Gasteiger partial charge in [0, 0.05) is 50.9 Å². The number of nitrogens with zero attached hydrogens (tertiary/aromatic N) is 3. The summed E-state index contributed by atoms with van der Waals surface area (Å²) in [5.74, 6) is -4.50. The molecule has 162 valence electrons. The van der Waals surface area contributed by atoms with E-state index in [1.807, 2.05) is 6.92 Å². The molecule has 2 bridgehead atoms. The third-order valence-corrected chi connectivity index (χ3v) is 7.10. The van der Waals surface area contributed by atoms with Crippen molar-refractivity contribution in [3.05, 3.63) is 33.7 Å². The summed E-state index contributed by atoms with van der Waals surface area (Å²) in [4.78, 5) is 41.5. The zero-order valence-corrected chi connectivity index (χ0v) is 16.9. The molecule has 2 amide bonds. The standard InChI is InChI=1S/C21H25F2N3O4/c1-2-30-11-18(27)24-6-12-5-13(8-24)17-4-3-14(20(29)26(17)7-12)19(28)25-9-15-16(10-25)21(15,22)23/h3-4,12-13,15-16H,2,5-11H2,1H3/t12-,13+,15?,16?/m0/s1. The van der Waals surface area contributed by atoms with E-state index in [1.165, 1.54) is 11.0 Å². The van der Waals surface area contributed by atoms with E-state index in [9.17, 15) is 23.2 Å². The summed E-state index contributed by atoms with van der Waals surface area (Å²) in [6, 6.07) is 3.32. The Kier molecular flexibility index (Phi) is 4.50. The summed E-state index contributed by atoms with van der Waals surface area (Å²) in [5, 5.41) is 0. The molecule has 4 heterocycles. The maximum Gasteiger partial charge on any atom is 0.263 e. The van der Waals surface area contributed by atoms with Crippen LogP contribution in [0.25, 0.3) is 0 Å². The highest BCUT2D eigenvalue weighted by Gasteiger charge is 2.72. The topological polar surface area (TPSA) is 71.8 Å². The van der Waals surface area contributed by atoms with Crippen LogP contribution in [0.1, 0.15) is 35.3 Å². The Bertz CT molecular complexity index is 948. The van der Waals surface area contributed by atoms with Crippen LogP contribution in [0, 0.1) is 17.8 Å². The molecule has 7 nitrogen and oxygen atoms in total. The number of likely N-dealkylation sites (tertiary alicyclic amines) is 2. The number of pyridine rings is 1. The molecule has 1 aromatic rings. The number of alkyl halides is 2. The number of rotatable bonds is 4. The molecule has 0 N–H and O–H groups in total. The van der Waals surface area contributed by atoms with Crippen molar-refractivity contribution in [3.63, 3.8) is 0 Å². The van der Waals surface area contributed by atoms with Crippen molar-refractivity contribution in [2.45, 2.75) is 31.7 Å². The van der Waals surface area contributed by atoms with Crippen molar-refractivity contribution in [1.82, 2.24) is 14.4 Å². The Morgan fingerprint density at radius 3 is 2.53 bits per heavy atom. The number of amides is 2. The summed E-state index contributed by atoms with van der Waals surface area (Å²) in [6.45, 7) is 3.96. The first-order chi connectivity index (χ1) is 14.3. The third kappa shape index (κ3) is 2.97. The lowest BCUT2D eigenvalue weighted by Gasteiger charge is -2.42. The zero-order chi connectivity index (χ0) is 21.2. The van der Waals surface area contributed by atoms with Crippen molar-refractivity contribution >= 4 is 11.8 Å². The first-order valence-corrected chi connectivity index (χ1v) is 10.6. The van der Waals surface area contributed by atoms with Crippen LogP contribution in [-0.2, 0) is 16.1 Å². The molecular formula is C21H25F2N3O4. The average Bonchev–Trinajstić information content (AvgIpc) is 3.07. The van der Waals surface area contributed by atoms with Crippen LogP contribution < -0.4 is 5.56 Å². The number of carbonyl (C=O) groups is 2. The van der Waals surface area contributed by atoms with Crippen molar-refractivity contribution in [3.8, 4) is 0 Å². The molecule has 1 aliphatic carbocycles. The lowest BCUT2D eigenvalue weighted by molar-refractivity contribution is -0.138. The Balaban J connectivity index is 1.35. The van der Waals surface area contributed by atoms with Gasteiger partial charge in [-0.3, -0.25) is 14.4 Å². The molecule has 3 aliphatic heterocycles. The van der Waals surface area contributed by atoms with Gasteiger partial charge in [0.15, 0.2) is 0 Å². The van der Waals surface area contributed by atoms with Gasteiger partial charge < -0.3 is 19.1 Å². The molecule has 5 rings (SSSR count). The van der Waals surface area contributed by atoms with Crippen LogP contribution >= 0.6 is 0 Å². The fraction of sp³-hybridized carbons (Fsp3) is 0.667. The third-order valence-electron chi connectivity index (χ3n) is 7.10. The first-order valence-electron chi connectivity index (χ1n) is 10.6. The molecule has 1 saturated carbocycles. The molecule has 0 spiro atoms. The van der Waals surface area contributed by atoms with Crippen LogP contribution in [0.3, 0.4) is 0 Å². The van der Waals surface area contributed by atoms with Crippen LogP contribution in [0.2, 0.25) is 0 Å². The smallest absolute Gasteiger partial charge is 0.263 e. The largest absolute Gasteiger partial charge is 0.372 e. The highest BCUT2D eigenvalue weighted by molar-refractivity contribution is 5.94. The molecular weight excluding hydrogens is 396 g/mol. The number of fused-ring (bicyclic) bond motifs is 5. The van der Waals surface area contributed by atoms with Crippen LogP contribution in [0.4, 0.5) is 8.78 Å². The van der Waals surface area contributed by atoms with Gasteiger partial charge in [-0.2, -0.15) is 0 Å². The number of carbonyl (C=O) groups excluding carboxylic acids is 2. The lowest BCUT2D eigenvalue weighted by atomic mass is 9.83. The monoisotopic (exact) mass is 421 g/mol. The van der Waals surface area contributed by atoms with Gasteiger partial charge in [-0.05, 0) is 31.4 Å². The molecule has 3 fully saturated rings. The fourth-order valence-corrected chi connectivity index (χ4v) is 5.44. The average molecular weight is 421 g/mol. The Hall–Kier alpha value is -2.29. The SMILES string of the molecule is CCOCC(=O)N1C[C@@H]2C[C@H](C1)c1ccc(C(=O)N3CC4C(C3)C4(F)F)c(=O)n1C2. The van der Waals surface area contributed by atoms with Crippen molar-refractivity contribution in [1.29, 1.82) is 0 Å². The Morgan fingerprint density at radius 2 is 1.83 bits per heavy atom. The molecule has 0 aromatic carbocycles. The first kappa shape index (κ1) is 19.7. The maximum absolute atomic E-state index is 13.4. The van der Waals surface area contributed by atoms with Gasteiger partial charge in [0.1, 0.15) is 12.2 Å². The molecule has 30 heavy (non-hydrogen) atoms. The van der Waals surface area contributed by atoms with E-state index in [2.05, 4.69) is 0 Å². The fourth-order valence-electron chi connectivity index (χ4n) is 5.44. The highest BCUT2D eigenvalue weighted by Crippen LogP contribution is 2.59. The normalized spacial score (nSPS) is 30.6. The number of ether oxygens (including phenoxy) is 1. The minimum Gasteiger partial charge on any atom is -0.372 e. The minimum atomic E-state index is -2.66. The van der Waals surface area contributed by atoms with Crippen molar-refractivity contribution in [2.24, 2.45) is 17.8 Å². The van der Waals surface area contributed by atoms with E-state index in [-0.39, 0.29) is 48.6 Å². The summed E-state index contributed by atoms with van der Waals surface area (Å²) in [7, 11) is 0. The molecule has 4 aliphatic rings. The second-order valence-corrected chi connectivity index (χ2v) is 8.92. The number of piperidine rings is 2. The van der Waals surface area contributed by atoms with E-state index in [0.29, 0.717) is 26.2 Å². The number of aromatic nitrogens is 1. The molecule has 2 saturated heterocycles. The Labute approximate surface area is 172 Å². The van der Waals surface area contributed by atoms with Crippen molar-refractivity contribution in [2.75, 3.05) is 39.4 Å². The molecule has 2 unspecified atom stereocenters. The van der Waals surface area contributed by atoms with Gasteiger partial charge >= 0.3 is 0 Å². The zero-order valence-electron chi connectivity index (χ0n) is 16.9. The number of hydrogen-bond donors (Lipinski definition) is 0. The van der Waals surface area contributed by atoms with Gasteiger partial charge in [0.05, 0.1) is 11.8 Å². The second-order valence-electron chi connectivity index (χ2n) is 8.92. The highest BCUT2D eigenvalue weighted by atomic mass is 19.3. The quantitative estimate of drug-likeness (QED) is 0.732. The summed E-state index contributed by atoms with van der Waals surface area (Å²) in [5.41, 5.74) is 0.527. The molecule has 4 atom stereocenters. The predicted octanol–water partition coefficient (Wildman–Crippen LogP) is 1.17. The van der Waals surface area contributed by atoms with Crippen LogP contribution in [-0.4, -0.2) is 71.5 Å². The van der Waals surface area contributed by atoms with E-state index < -0.39 is 23.7 Å². The van der Waals surface area contributed by atoms with E-state index in [1.54, 1.807) is 15.5 Å². The maximum atomic E-state index is 13.4. The number of hydrogen-bond acceptors (Lipinski definition) is 4. The van der Waals surface area contributed by atoms with Gasteiger partial charge in [-0.15, -0.1) is 0 Å². The Morgan fingerprint density at radius 1 is 1.10 bits per heavy atom. The molecule has 0 radical (unpaired) electrons. The van der Waals surface area contributed by atoms with Gasteiger partial charge in [-0.1, -0.05) is 0 Å². The van der Waals surface area contributed by atoms with E-state index in [4.69, 9.17) is 4.74 Å². The summed E-state index contributed by atoms with van der Waals surface area (Å²) < 4.78 is 33.8.